The predicted molar refractivity (Wildman–Crippen MR) is 108 cm³/mol. The van der Waals surface area contributed by atoms with Gasteiger partial charge in [0.2, 0.25) is 6.79 Å². The molecule has 1 aromatic carbocycles. The number of nitrogens with zero attached hydrogens (tertiary/aromatic N) is 3. The highest BCUT2D eigenvalue weighted by molar-refractivity contribution is 14.0. The number of aliphatic imine (C=N–C) groups is 1. The molecule has 0 saturated heterocycles. The molecule has 2 N–H and O–H groups in total. The minimum absolute atomic E-state index is 0. The van der Waals surface area contributed by atoms with Gasteiger partial charge in [0.05, 0.1) is 6.20 Å². The summed E-state index contributed by atoms with van der Waals surface area (Å²) < 4.78 is 12.5. The number of ether oxygens (including phenoxy) is 2. The van der Waals surface area contributed by atoms with Crippen molar-refractivity contribution in [1.82, 2.24) is 20.4 Å². The van der Waals surface area contributed by atoms with E-state index in [1.54, 1.807) is 7.05 Å². The van der Waals surface area contributed by atoms with Gasteiger partial charge in [-0.25, -0.2) is 0 Å². The Morgan fingerprint density at radius 3 is 2.84 bits per heavy atom. The van der Waals surface area contributed by atoms with Crippen molar-refractivity contribution >= 4 is 29.9 Å². The molecule has 8 heteroatoms. The Labute approximate surface area is 164 Å². The largest absolute Gasteiger partial charge is 0.454 e. The van der Waals surface area contributed by atoms with Gasteiger partial charge in [0.25, 0.3) is 0 Å². The van der Waals surface area contributed by atoms with Crippen LogP contribution in [0.3, 0.4) is 0 Å². The zero-order valence-corrected chi connectivity index (χ0v) is 16.8. The van der Waals surface area contributed by atoms with Crippen LogP contribution in [-0.4, -0.2) is 36.1 Å². The molecule has 0 aliphatic carbocycles. The molecule has 0 unspecified atom stereocenters. The van der Waals surface area contributed by atoms with Crippen molar-refractivity contribution in [2.45, 2.75) is 19.4 Å². The number of aryl methyl sites for hydroxylation is 2. The topological polar surface area (TPSA) is 72.7 Å². The first-order valence-electron chi connectivity index (χ1n) is 8.05. The van der Waals surface area contributed by atoms with Crippen molar-refractivity contribution in [3.8, 4) is 11.5 Å². The van der Waals surface area contributed by atoms with E-state index in [9.17, 15) is 0 Å². The van der Waals surface area contributed by atoms with Gasteiger partial charge in [0, 0.05) is 33.4 Å². The van der Waals surface area contributed by atoms with Crippen molar-refractivity contribution in [3.05, 3.63) is 41.7 Å². The highest BCUT2D eigenvalue weighted by atomic mass is 127. The Balaban J connectivity index is 0.00000225. The molecule has 2 heterocycles. The summed E-state index contributed by atoms with van der Waals surface area (Å²) in [7, 11) is 3.71. The Kier molecular flexibility index (Phi) is 7.35. The number of nitrogens with one attached hydrogen (secondary N) is 2. The summed E-state index contributed by atoms with van der Waals surface area (Å²) in [6, 6.07) is 5.95. The van der Waals surface area contributed by atoms with E-state index in [2.05, 4.69) is 20.7 Å². The minimum atomic E-state index is 0. The summed E-state index contributed by atoms with van der Waals surface area (Å²) in [5.41, 5.74) is 2.38. The zero-order valence-electron chi connectivity index (χ0n) is 14.5. The molecule has 1 aliphatic rings. The molecule has 3 rings (SSSR count). The van der Waals surface area contributed by atoms with Crippen LogP contribution in [0.1, 0.15) is 17.5 Å². The van der Waals surface area contributed by atoms with Crippen LogP contribution < -0.4 is 20.1 Å². The van der Waals surface area contributed by atoms with E-state index in [0.29, 0.717) is 13.3 Å². The lowest BCUT2D eigenvalue weighted by molar-refractivity contribution is 0.174. The van der Waals surface area contributed by atoms with Gasteiger partial charge in [-0.3, -0.25) is 9.67 Å². The maximum absolute atomic E-state index is 5.39. The summed E-state index contributed by atoms with van der Waals surface area (Å²) in [5, 5.41) is 10.8. The second-order valence-electron chi connectivity index (χ2n) is 5.67. The SMILES string of the molecule is CN=C(NCCCc1cnn(C)c1)NCc1ccc2c(c1)OCO2.I. The van der Waals surface area contributed by atoms with Crippen LogP contribution in [0, 0.1) is 0 Å². The van der Waals surface area contributed by atoms with Gasteiger partial charge in [-0.15, -0.1) is 24.0 Å². The number of halogens is 1. The molecule has 0 amide bonds. The van der Waals surface area contributed by atoms with Crippen molar-refractivity contribution < 1.29 is 9.47 Å². The highest BCUT2D eigenvalue weighted by Crippen LogP contribution is 2.32. The zero-order chi connectivity index (χ0) is 16.8. The van der Waals surface area contributed by atoms with E-state index in [4.69, 9.17) is 9.47 Å². The van der Waals surface area contributed by atoms with Crippen LogP contribution in [0.2, 0.25) is 0 Å². The van der Waals surface area contributed by atoms with Crippen LogP contribution >= 0.6 is 24.0 Å². The molecule has 0 saturated carbocycles. The standard InChI is InChI=1S/C17H23N5O2.HI/c1-18-17(19-7-3-4-14-10-21-22(2)11-14)20-9-13-5-6-15-16(8-13)24-12-23-15;/h5-6,8,10-11H,3-4,7,9,12H2,1-2H3,(H2,18,19,20);1H. The van der Waals surface area contributed by atoms with Crippen LogP contribution in [0.25, 0.3) is 0 Å². The predicted octanol–water partition coefficient (Wildman–Crippen LogP) is 2.06. The minimum Gasteiger partial charge on any atom is -0.454 e. The number of fused-ring (bicyclic) bond motifs is 1. The first-order valence-corrected chi connectivity index (χ1v) is 8.05. The third-order valence-corrected chi connectivity index (χ3v) is 3.81. The first kappa shape index (κ1) is 19.4. The van der Waals surface area contributed by atoms with Crippen LogP contribution in [-0.2, 0) is 20.0 Å². The average Bonchev–Trinajstić information content (AvgIpc) is 3.22. The maximum atomic E-state index is 5.39. The lowest BCUT2D eigenvalue weighted by Gasteiger charge is -2.12. The summed E-state index contributed by atoms with van der Waals surface area (Å²) in [6.07, 6.45) is 5.98. The van der Waals surface area contributed by atoms with E-state index in [1.807, 2.05) is 42.3 Å². The van der Waals surface area contributed by atoms with Crippen molar-refractivity contribution in [1.29, 1.82) is 0 Å². The fourth-order valence-corrected chi connectivity index (χ4v) is 2.56. The summed E-state index contributed by atoms with van der Waals surface area (Å²) in [6.45, 7) is 1.83. The fraction of sp³-hybridized carbons (Fsp3) is 0.412. The molecule has 1 aromatic heterocycles. The quantitative estimate of drug-likeness (QED) is 0.301. The summed E-state index contributed by atoms with van der Waals surface area (Å²) in [4.78, 5) is 4.25. The fourth-order valence-electron chi connectivity index (χ4n) is 2.56. The maximum Gasteiger partial charge on any atom is 0.231 e. The molecule has 2 aromatic rings. The third kappa shape index (κ3) is 5.52. The molecule has 1 aliphatic heterocycles. The van der Waals surface area contributed by atoms with E-state index in [1.165, 1.54) is 5.56 Å². The Bertz CT molecular complexity index is 717. The Morgan fingerprint density at radius 1 is 1.24 bits per heavy atom. The number of hydrogen-bond acceptors (Lipinski definition) is 4. The molecule has 25 heavy (non-hydrogen) atoms. The van der Waals surface area contributed by atoms with E-state index < -0.39 is 0 Å². The molecular weight excluding hydrogens is 433 g/mol. The molecule has 0 atom stereocenters. The second-order valence-corrected chi connectivity index (χ2v) is 5.67. The Hall–Kier alpha value is -1.97. The Morgan fingerprint density at radius 2 is 2.08 bits per heavy atom. The van der Waals surface area contributed by atoms with E-state index in [0.717, 1.165) is 42.4 Å². The average molecular weight is 457 g/mol. The molecule has 0 bridgehead atoms. The number of hydrogen-bond donors (Lipinski definition) is 2. The van der Waals surface area contributed by atoms with Crippen LogP contribution in [0.4, 0.5) is 0 Å². The van der Waals surface area contributed by atoms with Gasteiger partial charge >= 0.3 is 0 Å². The molecule has 0 radical (unpaired) electrons. The second kappa shape index (κ2) is 9.50. The van der Waals surface area contributed by atoms with Crippen molar-refractivity contribution in [2.75, 3.05) is 20.4 Å². The third-order valence-electron chi connectivity index (χ3n) is 3.81. The molecular formula is C17H24IN5O2. The normalized spacial score (nSPS) is 12.6. The van der Waals surface area contributed by atoms with Gasteiger partial charge in [0.1, 0.15) is 0 Å². The lowest BCUT2D eigenvalue weighted by Crippen LogP contribution is -2.37. The highest BCUT2D eigenvalue weighted by Gasteiger charge is 2.13. The van der Waals surface area contributed by atoms with Gasteiger partial charge in [-0.1, -0.05) is 6.07 Å². The molecule has 0 fully saturated rings. The smallest absolute Gasteiger partial charge is 0.231 e. The van der Waals surface area contributed by atoms with Crippen LogP contribution in [0.15, 0.2) is 35.6 Å². The monoisotopic (exact) mass is 457 g/mol. The number of rotatable bonds is 6. The molecule has 0 spiro atoms. The molecule has 136 valence electrons. The summed E-state index contributed by atoms with van der Waals surface area (Å²) >= 11 is 0. The van der Waals surface area contributed by atoms with Crippen LogP contribution in [0.5, 0.6) is 11.5 Å². The van der Waals surface area contributed by atoms with Crippen molar-refractivity contribution in [2.24, 2.45) is 12.0 Å². The number of aromatic nitrogens is 2. The van der Waals surface area contributed by atoms with E-state index >= 15 is 0 Å². The first-order chi connectivity index (χ1) is 11.7. The van der Waals surface area contributed by atoms with Gasteiger partial charge in [-0.2, -0.15) is 5.10 Å². The number of benzene rings is 1. The van der Waals surface area contributed by atoms with E-state index in [-0.39, 0.29) is 24.0 Å². The lowest BCUT2D eigenvalue weighted by atomic mass is 10.2. The van der Waals surface area contributed by atoms with Gasteiger partial charge < -0.3 is 20.1 Å². The summed E-state index contributed by atoms with van der Waals surface area (Å²) in [5.74, 6) is 2.39. The molecule has 7 nitrogen and oxygen atoms in total. The van der Waals surface area contributed by atoms with Gasteiger partial charge in [0.15, 0.2) is 17.5 Å². The van der Waals surface area contributed by atoms with Gasteiger partial charge in [-0.05, 0) is 36.1 Å². The number of guanidine groups is 1. The van der Waals surface area contributed by atoms with Crippen molar-refractivity contribution in [3.63, 3.8) is 0 Å².